The zero-order valence-corrected chi connectivity index (χ0v) is 11.2. The van der Waals surface area contributed by atoms with Gasteiger partial charge in [0, 0.05) is 0 Å². The van der Waals surface area contributed by atoms with Gasteiger partial charge in [-0.25, -0.2) is 0 Å². The first-order valence-electron chi connectivity index (χ1n) is 5.63. The van der Waals surface area contributed by atoms with Crippen LogP contribution in [0.3, 0.4) is 0 Å². The van der Waals surface area contributed by atoms with Gasteiger partial charge in [-0.2, -0.15) is 0 Å². The Hall–Kier alpha value is -0.0900. The molecular formula is C13H26P+. The van der Waals surface area contributed by atoms with E-state index in [2.05, 4.69) is 46.4 Å². The lowest BCUT2D eigenvalue weighted by Gasteiger charge is -2.23. The minimum atomic E-state index is 0.0605. The van der Waals surface area contributed by atoms with E-state index < -0.39 is 0 Å². The molecule has 4 atom stereocenters. The summed E-state index contributed by atoms with van der Waals surface area (Å²) in [6.07, 6.45) is 10.2. The molecule has 0 saturated heterocycles. The molecule has 0 rings (SSSR count). The molecule has 1 heteroatoms. The molecule has 0 bridgehead atoms. The van der Waals surface area contributed by atoms with Gasteiger partial charge in [-0.15, -0.1) is 6.58 Å². The Kier molecular flexibility index (Phi) is 7.19. The third-order valence-corrected chi connectivity index (χ3v) is 4.38. The maximum atomic E-state index is 4.08. The van der Waals surface area contributed by atoms with Crippen LogP contribution in [0.2, 0.25) is 0 Å². The van der Waals surface area contributed by atoms with Gasteiger partial charge in [0.05, 0.1) is 20.5 Å². The van der Waals surface area contributed by atoms with Crippen LogP contribution >= 0.6 is 7.55 Å². The molecule has 0 radical (unpaired) electrons. The van der Waals surface area contributed by atoms with Crippen molar-refractivity contribution in [3.05, 3.63) is 12.7 Å². The Balaban J connectivity index is 3.77. The average molecular weight is 213 g/mol. The summed E-state index contributed by atoms with van der Waals surface area (Å²) in [5.74, 6) is 2.23. The van der Waals surface area contributed by atoms with E-state index in [1.807, 2.05) is 0 Å². The van der Waals surface area contributed by atoms with Crippen molar-refractivity contribution in [2.24, 2.45) is 17.8 Å². The van der Waals surface area contributed by atoms with Gasteiger partial charge < -0.3 is 0 Å². The Bertz CT molecular complexity index is 184. The number of hydrogen-bond acceptors (Lipinski definition) is 0. The summed E-state index contributed by atoms with van der Waals surface area (Å²) in [6.45, 7) is 13.1. The zero-order valence-electron chi connectivity index (χ0n) is 10.3. The second-order valence-corrected chi connectivity index (χ2v) is 6.81. The maximum absolute atomic E-state index is 4.08. The lowest BCUT2D eigenvalue weighted by molar-refractivity contribution is 0.302. The summed E-state index contributed by atoms with van der Waals surface area (Å²) in [5.41, 5.74) is 0. The molecule has 0 fully saturated rings. The van der Waals surface area contributed by atoms with Crippen LogP contribution in [-0.2, 0) is 0 Å². The predicted molar refractivity (Wildman–Crippen MR) is 71.8 cm³/mol. The van der Waals surface area contributed by atoms with E-state index in [9.17, 15) is 0 Å². The van der Waals surface area contributed by atoms with Crippen LogP contribution in [0, 0.1) is 17.8 Å². The lowest BCUT2D eigenvalue weighted by Crippen LogP contribution is -2.15. The van der Waals surface area contributed by atoms with Crippen molar-refractivity contribution >= 4 is 13.8 Å². The molecule has 0 aromatic heterocycles. The summed E-state index contributed by atoms with van der Waals surface area (Å²) in [5, 5.41) is 0. The zero-order chi connectivity index (χ0) is 11.1. The van der Waals surface area contributed by atoms with Crippen LogP contribution in [0.25, 0.3) is 0 Å². The molecule has 0 spiro atoms. The van der Waals surface area contributed by atoms with Gasteiger partial charge in [-0.3, -0.25) is 0 Å². The van der Waals surface area contributed by atoms with Crippen molar-refractivity contribution in [1.82, 2.24) is 0 Å². The normalized spacial score (nSPS) is 18.4. The van der Waals surface area contributed by atoms with E-state index in [-0.39, 0.29) is 7.55 Å². The Labute approximate surface area is 91.2 Å². The highest BCUT2D eigenvalue weighted by atomic mass is 31.1. The van der Waals surface area contributed by atoms with Gasteiger partial charge in [-0.1, -0.05) is 26.8 Å². The smallest absolute Gasteiger partial charge is 0.103 e. The highest BCUT2D eigenvalue weighted by Gasteiger charge is 2.16. The number of rotatable bonds is 7. The Morgan fingerprint density at radius 1 is 1.29 bits per heavy atom. The molecule has 0 aromatic rings. The van der Waals surface area contributed by atoms with Crippen LogP contribution in [0.15, 0.2) is 12.7 Å². The van der Waals surface area contributed by atoms with Crippen molar-refractivity contribution < 1.29 is 0 Å². The SMILES string of the molecule is C=CC(C)C(C)C(C)CCC[P+](=C)C. The number of hydrogen-bond donors (Lipinski definition) is 0. The molecular weight excluding hydrogens is 187 g/mol. The fourth-order valence-corrected chi connectivity index (χ4v) is 2.40. The van der Waals surface area contributed by atoms with Gasteiger partial charge >= 0.3 is 0 Å². The molecule has 0 nitrogen and oxygen atoms in total. The van der Waals surface area contributed by atoms with E-state index in [4.69, 9.17) is 0 Å². The van der Waals surface area contributed by atoms with E-state index in [1.54, 1.807) is 0 Å². The molecule has 4 unspecified atom stereocenters. The van der Waals surface area contributed by atoms with Crippen molar-refractivity contribution in [2.75, 3.05) is 12.8 Å². The highest BCUT2D eigenvalue weighted by molar-refractivity contribution is 7.54. The quantitative estimate of drug-likeness (QED) is 0.434. The van der Waals surface area contributed by atoms with E-state index in [0.29, 0.717) is 5.92 Å². The Morgan fingerprint density at radius 2 is 1.86 bits per heavy atom. The topological polar surface area (TPSA) is 0 Å². The molecule has 0 heterocycles. The molecule has 14 heavy (non-hydrogen) atoms. The molecule has 0 N–H and O–H groups in total. The second kappa shape index (κ2) is 7.23. The standard InChI is InChI=1S/C13H26P/c1-7-11(2)13(4)12(3)9-8-10-14(5)6/h7,11-13H,1,5,8-10H2,2-4,6H3/q+1. The highest BCUT2D eigenvalue weighted by Crippen LogP contribution is 2.26. The van der Waals surface area contributed by atoms with Crippen LogP contribution < -0.4 is 0 Å². The van der Waals surface area contributed by atoms with Crippen LogP contribution in [0.1, 0.15) is 33.6 Å². The summed E-state index contributed by atoms with van der Waals surface area (Å²) >= 11 is 0. The van der Waals surface area contributed by atoms with E-state index >= 15 is 0 Å². The second-order valence-electron chi connectivity index (χ2n) is 4.65. The van der Waals surface area contributed by atoms with Crippen LogP contribution in [0.4, 0.5) is 0 Å². The van der Waals surface area contributed by atoms with Crippen molar-refractivity contribution in [1.29, 1.82) is 0 Å². The lowest BCUT2D eigenvalue weighted by atomic mass is 9.83. The molecule has 0 aliphatic heterocycles. The summed E-state index contributed by atoms with van der Waals surface area (Å²) in [7, 11) is 0.0605. The van der Waals surface area contributed by atoms with Gasteiger partial charge in [0.25, 0.3) is 0 Å². The first-order valence-corrected chi connectivity index (χ1v) is 7.79. The molecule has 0 aliphatic rings. The van der Waals surface area contributed by atoms with E-state index in [0.717, 1.165) is 11.8 Å². The van der Waals surface area contributed by atoms with Crippen molar-refractivity contribution in [3.8, 4) is 0 Å². The minimum absolute atomic E-state index is 0.0605. The summed E-state index contributed by atoms with van der Waals surface area (Å²) in [6, 6.07) is 0. The van der Waals surface area contributed by atoms with E-state index in [1.165, 1.54) is 19.0 Å². The first kappa shape index (κ1) is 13.9. The third kappa shape index (κ3) is 5.60. The predicted octanol–water partition coefficient (Wildman–Crippen LogP) is 4.40. The average Bonchev–Trinajstić information content (AvgIpc) is 2.14. The monoisotopic (exact) mass is 213 g/mol. The Morgan fingerprint density at radius 3 is 2.29 bits per heavy atom. The van der Waals surface area contributed by atoms with Crippen LogP contribution in [-0.4, -0.2) is 19.1 Å². The summed E-state index contributed by atoms with van der Waals surface area (Å²) < 4.78 is 0. The van der Waals surface area contributed by atoms with Crippen molar-refractivity contribution in [3.63, 3.8) is 0 Å². The van der Waals surface area contributed by atoms with Crippen molar-refractivity contribution in [2.45, 2.75) is 33.6 Å². The largest absolute Gasteiger partial charge is 0.105 e. The fraction of sp³-hybridized carbons (Fsp3) is 0.769. The molecule has 82 valence electrons. The van der Waals surface area contributed by atoms with Gasteiger partial charge in [0.15, 0.2) is 0 Å². The number of allylic oxidation sites excluding steroid dienone is 1. The fourth-order valence-electron chi connectivity index (χ4n) is 1.68. The summed E-state index contributed by atoms with van der Waals surface area (Å²) in [4.78, 5) is 0. The van der Waals surface area contributed by atoms with Gasteiger partial charge in [0.1, 0.15) is 6.16 Å². The van der Waals surface area contributed by atoms with Gasteiger partial charge in [-0.05, 0) is 30.6 Å². The molecule has 0 amide bonds. The minimum Gasteiger partial charge on any atom is -0.103 e. The molecule has 0 aromatic carbocycles. The molecule has 0 aliphatic carbocycles. The third-order valence-electron chi connectivity index (χ3n) is 3.30. The van der Waals surface area contributed by atoms with Gasteiger partial charge in [0.2, 0.25) is 0 Å². The maximum Gasteiger partial charge on any atom is 0.105 e. The molecule has 0 saturated carbocycles. The van der Waals surface area contributed by atoms with Crippen LogP contribution in [0.5, 0.6) is 0 Å². The first-order chi connectivity index (χ1) is 6.49.